The van der Waals surface area contributed by atoms with Gasteiger partial charge in [0.1, 0.15) is 0 Å². The third-order valence-corrected chi connectivity index (χ3v) is 3.44. The maximum Gasteiger partial charge on any atom is 0.356 e. The van der Waals surface area contributed by atoms with E-state index < -0.39 is 5.97 Å². The standard InChI is InChI=1S/C14H10ClN3O2/c15-12-9(16)6-11(18-13(12)14(19)20)8-2-1-7-3-4-17-10(7)5-8/h1-6,17H,(H2,16,18)(H,19,20). The number of pyridine rings is 1. The minimum atomic E-state index is -1.20. The lowest BCUT2D eigenvalue weighted by Crippen LogP contribution is -2.05. The second-order valence-electron chi connectivity index (χ2n) is 4.34. The number of carbonyl (C=O) groups is 1. The van der Waals surface area contributed by atoms with Crippen LogP contribution in [0.15, 0.2) is 36.5 Å². The lowest BCUT2D eigenvalue weighted by molar-refractivity contribution is 0.0691. The van der Waals surface area contributed by atoms with Crippen LogP contribution in [-0.2, 0) is 0 Å². The minimum absolute atomic E-state index is 0.0396. The van der Waals surface area contributed by atoms with Crippen LogP contribution in [0.4, 0.5) is 5.69 Å². The number of benzene rings is 1. The molecule has 6 heteroatoms. The third-order valence-electron chi connectivity index (χ3n) is 3.04. The number of rotatable bonds is 2. The molecular formula is C14H10ClN3O2. The van der Waals surface area contributed by atoms with E-state index in [4.69, 9.17) is 22.4 Å². The number of carboxylic acid groups (broad SMARTS) is 1. The number of aromatic amines is 1. The summed E-state index contributed by atoms with van der Waals surface area (Å²) in [6, 6.07) is 9.19. The zero-order chi connectivity index (χ0) is 14.3. The van der Waals surface area contributed by atoms with Crippen LogP contribution in [0.25, 0.3) is 22.2 Å². The van der Waals surface area contributed by atoms with Gasteiger partial charge in [0.05, 0.1) is 16.4 Å². The number of nitrogens with one attached hydrogen (secondary N) is 1. The Bertz CT molecular complexity index is 826. The van der Waals surface area contributed by atoms with Crippen LogP contribution >= 0.6 is 11.6 Å². The van der Waals surface area contributed by atoms with Crippen molar-refractivity contribution in [2.75, 3.05) is 5.73 Å². The monoisotopic (exact) mass is 287 g/mol. The number of halogens is 1. The Morgan fingerprint density at radius 1 is 1.30 bits per heavy atom. The van der Waals surface area contributed by atoms with Crippen molar-refractivity contribution in [2.24, 2.45) is 0 Å². The molecule has 4 N–H and O–H groups in total. The Labute approximate surface area is 119 Å². The number of carboxylic acids is 1. The lowest BCUT2D eigenvalue weighted by Gasteiger charge is -2.07. The van der Waals surface area contributed by atoms with Crippen LogP contribution in [0.3, 0.4) is 0 Å². The van der Waals surface area contributed by atoms with E-state index in [0.717, 1.165) is 16.5 Å². The smallest absolute Gasteiger partial charge is 0.356 e. The molecule has 0 radical (unpaired) electrons. The highest BCUT2D eigenvalue weighted by molar-refractivity contribution is 6.35. The fourth-order valence-corrected chi connectivity index (χ4v) is 2.22. The molecule has 0 saturated carbocycles. The average molecular weight is 288 g/mol. The van der Waals surface area contributed by atoms with Crippen molar-refractivity contribution in [1.29, 1.82) is 0 Å². The van der Waals surface area contributed by atoms with Gasteiger partial charge in [-0.1, -0.05) is 23.7 Å². The zero-order valence-electron chi connectivity index (χ0n) is 10.2. The van der Waals surface area contributed by atoms with Crippen LogP contribution in [-0.4, -0.2) is 21.0 Å². The molecular weight excluding hydrogens is 278 g/mol. The number of nitrogen functional groups attached to an aromatic ring is 1. The summed E-state index contributed by atoms with van der Waals surface area (Å²) in [7, 11) is 0. The molecule has 2 aromatic heterocycles. The van der Waals surface area contributed by atoms with Gasteiger partial charge in [0.15, 0.2) is 5.69 Å². The summed E-state index contributed by atoms with van der Waals surface area (Å²) in [4.78, 5) is 18.3. The van der Waals surface area contributed by atoms with Gasteiger partial charge in [-0.05, 0) is 23.6 Å². The summed E-state index contributed by atoms with van der Waals surface area (Å²) in [5.41, 5.74) is 7.88. The molecule has 0 atom stereocenters. The summed E-state index contributed by atoms with van der Waals surface area (Å²) in [6.45, 7) is 0. The van der Waals surface area contributed by atoms with Gasteiger partial charge in [0.2, 0.25) is 0 Å². The predicted molar refractivity (Wildman–Crippen MR) is 77.9 cm³/mol. The highest BCUT2D eigenvalue weighted by atomic mass is 35.5. The Kier molecular flexibility index (Phi) is 2.84. The van der Waals surface area contributed by atoms with Crippen molar-refractivity contribution < 1.29 is 9.90 Å². The molecule has 0 saturated heterocycles. The Morgan fingerprint density at radius 3 is 2.85 bits per heavy atom. The average Bonchev–Trinajstić information content (AvgIpc) is 2.88. The van der Waals surface area contributed by atoms with Crippen molar-refractivity contribution in [1.82, 2.24) is 9.97 Å². The summed E-state index contributed by atoms with van der Waals surface area (Å²) < 4.78 is 0. The zero-order valence-corrected chi connectivity index (χ0v) is 11.0. The fourth-order valence-electron chi connectivity index (χ4n) is 2.05. The normalized spacial score (nSPS) is 10.8. The van der Waals surface area contributed by atoms with E-state index >= 15 is 0 Å². The van der Waals surface area contributed by atoms with E-state index in [1.165, 1.54) is 0 Å². The largest absolute Gasteiger partial charge is 0.476 e. The van der Waals surface area contributed by atoms with Gasteiger partial charge in [-0.15, -0.1) is 0 Å². The third kappa shape index (κ3) is 1.98. The highest BCUT2D eigenvalue weighted by Crippen LogP contribution is 2.29. The molecule has 0 aliphatic carbocycles. The Hall–Kier alpha value is -2.53. The maximum atomic E-state index is 11.1. The minimum Gasteiger partial charge on any atom is -0.476 e. The molecule has 20 heavy (non-hydrogen) atoms. The van der Waals surface area contributed by atoms with Gasteiger partial charge in [-0.3, -0.25) is 0 Å². The van der Waals surface area contributed by atoms with Gasteiger partial charge in [0.25, 0.3) is 0 Å². The first-order valence-corrected chi connectivity index (χ1v) is 6.21. The van der Waals surface area contributed by atoms with Gasteiger partial charge in [0, 0.05) is 17.3 Å². The topological polar surface area (TPSA) is 92.0 Å². The SMILES string of the molecule is Nc1cc(-c2ccc3cc[nH]c3c2)nc(C(=O)O)c1Cl. The van der Waals surface area contributed by atoms with Crippen molar-refractivity contribution in [3.63, 3.8) is 0 Å². The number of aromatic nitrogens is 2. The summed E-state index contributed by atoms with van der Waals surface area (Å²) in [6.07, 6.45) is 1.83. The number of nitrogens with zero attached hydrogens (tertiary/aromatic N) is 1. The number of anilines is 1. The number of H-pyrrole nitrogens is 1. The number of nitrogens with two attached hydrogens (primary N) is 1. The van der Waals surface area contributed by atoms with E-state index in [1.807, 2.05) is 30.5 Å². The van der Waals surface area contributed by atoms with Gasteiger partial charge in [-0.2, -0.15) is 0 Å². The second kappa shape index (κ2) is 4.54. The first-order chi connectivity index (χ1) is 9.56. The van der Waals surface area contributed by atoms with Crippen LogP contribution < -0.4 is 5.73 Å². The van der Waals surface area contributed by atoms with E-state index in [9.17, 15) is 4.79 Å². The van der Waals surface area contributed by atoms with E-state index in [2.05, 4.69) is 9.97 Å². The molecule has 3 rings (SSSR count). The maximum absolute atomic E-state index is 11.1. The van der Waals surface area contributed by atoms with Crippen LogP contribution in [0.1, 0.15) is 10.5 Å². The van der Waals surface area contributed by atoms with Crippen molar-refractivity contribution in [3.05, 3.63) is 47.2 Å². The van der Waals surface area contributed by atoms with E-state index in [0.29, 0.717) is 5.69 Å². The molecule has 0 spiro atoms. The van der Waals surface area contributed by atoms with Crippen LogP contribution in [0.5, 0.6) is 0 Å². The summed E-state index contributed by atoms with van der Waals surface area (Å²) in [5, 5.41) is 10.1. The van der Waals surface area contributed by atoms with Crippen molar-refractivity contribution in [2.45, 2.75) is 0 Å². The molecule has 3 aromatic rings. The molecule has 0 unspecified atom stereocenters. The molecule has 0 bridgehead atoms. The summed E-state index contributed by atoms with van der Waals surface area (Å²) in [5.74, 6) is -1.20. The Balaban J connectivity index is 2.20. The van der Waals surface area contributed by atoms with Gasteiger partial charge >= 0.3 is 5.97 Å². The molecule has 0 aliphatic rings. The first-order valence-electron chi connectivity index (χ1n) is 5.83. The number of hydrogen-bond donors (Lipinski definition) is 3. The quantitative estimate of drug-likeness (QED) is 0.675. The highest BCUT2D eigenvalue weighted by Gasteiger charge is 2.16. The van der Waals surface area contributed by atoms with Gasteiger partial charge < -0.3 is 15.8 Å². The van der Waals surface area contributed by atoms with Crippen LogP contribution in [0, 0.1) is 0 Å². The predicted octanol–water partition coefficient (Wildman–Crippen LogP) is 3.16. The molecule has 2 heterocycles. The van der Waals surface area contributed by atoms with E-state index in [-0.39, 0.29) is 16.4 Å². The van der Waals surface area contributed by atoms with Crippen molar-refractivity contribution in [3.8, 4) is 11.3 Å². The van der Waals surface area contributed by atoms with E-state index in [1.54, 1.807) is 6.07 Å². The molecule has 100 valence electrons. The lowest BCUT2D eigenvalue weighted by atomic mass is 10.1. The van der Waals surface area contributed by atoms with Crippen LogP contribution in [0.2, 0.25) is 5.02 Å². The Morgan fingerprint density at radius 2 is 2.10 bits per heavy atom. The number of fused-ring (bicyclic) bond motifs is 1. The fraction of sp³-hybridized carbons (Fsp3) is 0. The molecule has 0 aliphatic heterocycles. The number of aromatic carboxylic acids is 1. The number of hydrogen-bond acceptors (Lipinski definition) is 3. The van der Waals surface area contributed by atoms with Crippen molar-refractivity contribution >= 4 is 34.2 Å². The molecule has 0 amide bonds. The van der Waals surface area contributed by atoms with Gasteiger partial charge in [-0.25, -0.2) is 9.78 Å². The molecule has 5 nitrogen and oxygen atoms in total. The first kappa shape index (κ1) is 12.5. The molecule has 0 fully saturated rings. The summed E-state index contributed by atoms with van der Waals surface area (Å²) >= 11 is 5.85. The second-order valence-corrected chi connectivity index (χ2v) is 4.72. The molecule has 1 aromatic carbocycles.